The van der Waals surface area contributed by atoms with Crippen molar-refractivity contribution >= 4 is 17.5 Å². The van der Waals surface area contributed by atoms with E-state index in [1.807, 2.05) is 36.4 Å². The minimum Gasteiger partial charge on any atom is -0.457 e. The van der Waals surface area contributed by atoms with Gasteiger partial charge in [-0.3, -0.25) is 9.59 Å². The van der Waals surface area contributed by atoms with Gasteiger partial charge in [0.2, 0.25) is 0 Å². The molecule has 0 aromatic heterocycles. The van der Waals surface area contributed by atoms with Gasteiger partial charge in [-0.1, -0.05) is 30.3 Å². The lowest BCUT2D eigenvalue weighted by molar-refractivity contribution is 0.0827. The summed E-state index contributed by atoms with van der Waals surface area (Å²) in [5, 5.41) is 2.84. The summed E-state index contributed by atoms with van der Waals surface area (Å²) >= 11 is 0. The first kappa shape index (κ1) is 18.2. The first-order chi connectivity index (χ1) is 13.0. The van der Waals surface area contributed by atoms with Crippen LogP contribution in [0.4, 0.5) is 5.69 Å². The minimum atomic E-state index is -0.284. The van der Waals surface area contributed by atoms with Crippen molar-refractivity contribution in [3.8, 4) is 11.5 Å². The van der Waals surface area contributed by atoms with Crippen molar-refractivity contribution in [2.24, 2.45) is 0 Å². The van der Waals surface area contributed by atoms with Crippen molar-refractivity contribution in [2.45, 2.75) is 0 Å². The zero-order valence-corrected chi connectivity index (χ0v) is 15.2. The van der Waals surface area contributed by atoms with Crippen molar-refractivity contribution in [2.75, 3.05) is 19.4 Å². The fourth-order valence-corrected chi connectivity index (χ4v) is 2.51. The van der Waals surface area contributed by atoms with Crippen LogP contribution < -0.4 is 10.1 Å². The SMILES string of the molecule is CN(C)C(=O)c1ccc(NC(=O)c2ccccc2Oc2ccccc2)cc1. The predicted molar refractivity (Wildman–Crippen MR) is 105 cm³/mol. The molecule has 0 unspecified atom stereocenters. The summed E-state index contributed by atoms with van der Waals surface area (Å²) in [6.07, 6.45) is 0. The van der Waals surface area contributed by atoms with Crippen LogP contribution in [-0.2, 0) is 0 Å². The van der Waals surface area contributed by atoms with Gasteiger partial charge in [-0.25, -0.2) is 0 Å². The van der Waals surface area contributed by atoms with Gasteiger partial charge in [-0.15, -0.1) is 0 Å². The number of amides is 2. The van der Waals surface area contributed by atoms with Crippen molar-refractivity contribution < 1.29 is 14.3 Å². The van der Waals surface area contributed by atoms with Crippen LogP contribution in [0.25, 0.3) is 0 Å². The van der Waals surface area contributed by atoms with E-state index in [0.717, 1.165) is 0 Å². The number of hydrogen-bond donors (Lipinski definition) is 1. The van der Waals surface area contributed by atoms with E-state index in [-0.39, 0.29) is 11.8 Å². The van der Waals surface area contributed by atoms with Crippen molar-refractivity contribution in [1.29, 1.82) is 0 Å². The molecule has 0 aliphatic rings. The Hall–Kier alpha value is -3.60. The third-order valence-corrected chi connectivity index (χ3v) is 3.90. The molecule has 0 saturated heterocycles. The average Bonchev–Trinajstić information content (AvgIpc) is 2.69. The standard InChI is InChI=1S/C22H20N2O3/c1-24(2)22(26)16-12-14-17(15-13-16)23-21(25)19-10-6-7-11-20(19)27-18-8-4-3-5-9-18/h3-15H,1-2H3,(H,23,25). The molecule has 0 aliphatic carbocycles. The Labute approximate surface area is 158 Å². The Bertz CT molecular complexity index is 935. The molecule has 0 aliphatic heterocycles. The van der Waals surface area contributed by atoms with Gasteiger partial charge in [-0.05, 0) is 48.5 Å². The number of carbonyl (C=O) groups excluding carboxylic acids is 2. The van der Waals surface area contributed by atoms with Crippen molar-refractivity contribution in [3.63, 3.8) is 0 Å². The van der Waals surface area contributed by atoms with E-state index in [4.69, 9.17) is 4.74 Å². The number of para-hydroxylation sites is 2. The maximum absolute atomic E-state index is 12.7. The number of benzene rings is 3. The molecule has 5 heteroatoms. The number of carbonyl (C=O) groups is 2. The molecule has 0 heterocycles. The second-order valence-corrected chi connectivity index (χ2v) is 6.14. The highest BCUT2D eigenvalue weighted by atomic mass is 16.5. The lowest BCUT2D eigenvalue weighted by Gasteiger charge is -2.12. The maximum Gasteiger partial charge on any atom is 0.259 e. The molecule has 1 N–H and O–H groups in total. The summed E-state index contributed by atoms with van der Waals surface area (Å²) in [5.41, 5.74) is 1.59. The van der Waals surface area contributed by atoms with Crippen molar-refractivity contribution in [1.82, 2.24) is 4.90 Å². The molecule has 0 fully saturated rings. The van der Waals surface area contributed by atoms with Gasteiger partial charge < -0.3 is 15.0 Å². The lowest BCUT2D eigenvalue weighted by Crippen LogP contribution is -2.21. The smallest absolute Gasteiger partial charge is 0.259 e. The Kier molecular flexibility index (Phi) is 5.52. The van der Waals surface area contributed by atoms with Crippen LogP contribution in [0.5, 0.6) is 11.5 Å². The van der Waals surface area contributed by atoms with Crippen LogP contribution in [0, 0.1) is 0 Å². The number of nitrogens with one attached hydrogen (secondary N) is 1. The molecular formula is C22H20N2O3. The molecule has 0 saturated carbocycles. The quantitative estimate of drug-likeness (QED) is 0.732. The summed E-state index contributed by atoms with van der Waals surface area (Å²) in [7, 11) is 3.39. The van der Waals surface area contributed by atoms with E-state index in [9.17, 15) is 9.59 Å². The number of anilines is 1. The molecule has 3 rings (SSSR count). The minimum absolute atomic E-state index is 0.0884. The number of nitrogens with zero attached hydrogens (tertiary/aromatic N) is 1. The fraction of sp³-hybridized carbons (Fsp3) is 0.0909. The highest BCUT2D eigenvalue weighted by Gasteiger charge is 2.14. The Balaban J connectivity index is 1.76. The molecule has 136 valence electrons. The van der Waals surface area contributed by atoms with E-state index in [2.05, 4.69) is 5.32 Å². The highest BCUT2D eigenvalue weighted by molar-refractivity contribution is 6.06. The summed E-state index contributed by atoms with van der Waals surface area (Å²) < 4.78 is 5.83. The van der Waals surface area contributed by atoms with Gasteiger partial charge in [0.15, 0.2) is 0 Å². The number of ether oxygens (including phenoxy) is 1. The second-order valence-electron chi connectivity index (χ2n) is 6.14. The van der Waals surface area contributed by atoms with E-state index in [1.165, 1.54) is 4.90 Å². The Morgan fingerprint density at radius 3 is 2.11 bits per heavy atom. The van der Waals surface area contributed by atoms with Crippen LogP contribution in [0.15, 0.2) is 78.9 Å². The van der Waals surface area contributed by atoms with Crippen LogP contribution >= 0.6 is 0 Å². The number of hydrogen-bond acceptors (Lipinski definition) is 3. The molecule has 0 spiro atoms. The topological polar surface area (TPSA) is 58.6 Å². The summed E-state index contributed by atoms with van der Waals surface area (Å²) in [6.45, 7) is 0. The van der Waals surface area contributed by atoms with E-state index < -0.39 is 0 Å². The van der Waals surface area contributed by atoms with Crippen LogP contribution in [0.1, 0.15) is 20.7 Å². The number of rotatable bonds is 5. The summed E-state index contributed by atoms with van der Waals surface area (Å²) in [6, 6.07) is 23.1. The predicted octanol–water partition coefficient (Wildman–Crippen LogP) is 4.43. The fourth-order valence-electron chi connectivity index (χ4n) is 2.51. The molecular weight excluding hydrogens is 340 g/mol. The monoisotopic (exact) mass is 360 g/mol. The third kappa shape index (κ3) is 4.52. The van der Waals surface area contributed by atoms with Gasteiger partial charge in [0.25, 0.3) is 11.8 Å². The van der Waals surface area contributed by atoms with E-state index in [1.54, 1.807) is 56.6 Å². The van der Waals surface area contributed by atoms with Crippen LogP contribution in [0.2, 0.25) is 0 Å². The maximum atomic E-state index is 12.7. The first-order valence-electron chi connectivity index (χ1n) is 8.49. The lowest BCUT2D eigenvalue weighted by atomic mass is 10.1. The zero-order chi connectivity index (χ0) is 19.2. The van der Waals surface area contributed by atoms with E-state index >= 15 is 0 Å². The van der Waals surface area contributed by atoms with Crippen LogP contribution in [0.3, 0.4) is 0 Å². The molecule has 27 heavy (non-hydrogen) atoms. The van der Waals surface area contributed by atoms with Gasteiger partial charge >= 0.3 is 0 Å². The van der Waals surface area contributed by atoms with Gasteiger partial charge in [0, 0.05) is 25.3 Å². The van der Waals surface area contributed by atoms with Gasteiger partial charge in [-0.2, -0.15) is 0 Å². The van der Waals surface area contributed by atoms with Gasteiger partial charge in [0.1, 0.15) is 11.5 Å². The largest absolute Gasteiger partial charge is 0.457 e. The first-order valence-corrected chi connectivity index (χ1v) is 8.49. The molecule has 2 amide bonds. The zero-order valence-electron chi connectivity index (χ0n) is 15.2. The third-order valence-electron chi connectivity index (χ3n) is 3.90. The molecule has 5 nitrogen and oxygen atoms in total. The van der Waals surface area contributed by atoms with E-state index in [0.29, 0.717) is 28.3 Å². The average molecular weight is 360 g/mol. The molecule has 0 bridgehead atoms. The Morgan fingerprint density at radius 2 is 1.44 bits per heavy atom. The molecule has 0 radical (unpaired) electrons. The summed E-state index contributed by atoms with van der Waals surface area (Å²) in [4.78, 5) is 26.1. The Morgan fingerprint density at radius 1 is 0.815 bits per heavy atom. The molecule has 3 aromatic rings. The normalized spacial score (nSPS) is 10.1. The molecule has 3 aromatic carbocycles. The summed E-state index contributed by atoms with van der Waals surface area (Å²) in [5.74, 6) is 0.757. The second kappa shape index (κ2) is 8.19. The van der Waals surface area contributed by atoms with Gasteiger partial charge in [0.05, 0.1) is 5.56 Å². The molecule has 0 atom stereocenters. The van der Waals surface area contributed by atoms with Crippen LogP contribution in [-0.4, -0.2) is 30.8 Å². The van der Waals surface area contributed by atoms with Crippen molar-refractivity contribution in [3.05, 3.63) is 90.0 Å². The highest BCUT2D eigenvalue weighted by Crippen LogP contribution is 2.26.